The number of ether oxygens (including phenoxy) is 6. The van der Waals surface area contributed by atoms with E-state index in [0.29, 0.717) is 24.4 Å². The molecular weight excluding hydrogens is 476 g/mol. The fourth-order valence-corrected chi connectivity index (χ4v) is 11.4. The van der Waals surface area contributed by atoms with Gasteiger partial charge < -0.3 is 28.4 Å². The summed E-state index contributed by atoms with van der Waals surface area (Å²) in [6, 6.07) is 0. The van der Waals surface area contributed by atoms with Crippen molar-refractivity contribution < 1.29 is 38.0 Å². The van der Waals surface area contributed by atoms with Gasteiger partial charge in [0.05, 0.1) is 6.10 Å². The minimum absolute atomic E-state index is 0.0151. The van der Waals surface area contributed by atoms with Crippen LogP contribution in [0.4, 0.5) is 4.79 Å². The average Bonchev–Trinajstić information content (AvgIpc) is 3.69. The molecular formula is C29H34O8. The van der Waals surface area contributed by atoms with Crippen LogP contribution < -0.4 is 0 Å². The quantitative estimate of drug-likeness (QED) is 0.421. The highest BCUT2D eigenvalue weighted by Gasteiger charge is 3.01. The molecule has 198 valence electrons. The van der Waals surface area contributed by atoms with Crippen molar-refractivity contribution in [3.05, 3.63) is 11.1 Å². The van der Waals surface area contributed by atoms with E-state index in [2.05, 4.69) is 20.8 Å². The molecule has 0 radical (unpaired) electrons. The highest BCUT2D eigenvalue weighted by atomic mass is 16.8. The van der Waals surface area contributed by atoms with Gasteiger partial charge in [0.2, 0.25) is 0 Å². The molecule has 3 spiro atoms. The maximum Gasteiger partial charge on any atom is 0.509 e. The van der Waals surface area contributed by atoms with Crippen LogP contribution in [0.5, 0.6) is 0 Å². The lowest BCUT2D eigenvalue weighted by molar-refractivity contribution is -0.136. The second kappa shape index (κ2) is 5.78. The summed E-state index contributed by atoms with van der Waals surface area (Å²) >= 11 is 0. The Bertz CT molecular complexity index is 1240. The Morgan fingerprint density at radius 2 is 1.95 bits per heavy atom. The average molecular weight is 511 g/mol. The smallest absolute Gasteiger partial charge is 0.458 e. The van der Waals surface area contributed by atoms with Crippen molar-refractivity contribution in [2.24, 2.45) is 34.5 Å². The Morgan fingerprint density at radius 1 is 1.08 bits per heavy atom. The minimum Gasteiger partial charge on any atom is -0.458 e. The lowest BCUT2D eigenvalue weighted by Crippen LogP contribution is -2.70. The molecule has 10 rings (SSSR count). The standard InChI is InChI=1S/C29H34O8/c1-12(2)27-20(36-27)21-29(37-21)25(3)6-4-14-15(11-32-22(14)30)17(25)9-19-28(29,35-19)23(27)34-24(31)33-18-8-13-10-26(13)7-5-16(18)26/h12-13,16-21,23H,4-11H2,1-3H3/t13?,16?,17-,18?,19-,20-,21+,23+,25-,26?,27+,28+,29+/m0/s1. The van der Waals surface area contributed by atoms with E-state index in [1.165, 1.54) is 12.8 Å². The molecule has 4 aliphatic heterocycles. The number of carbonyl (C=O) groups excluding carboxylic acids is 2. The first-order valence-corrected chi connectivity index (χ1v) is 14.5. The zero-order valence-electron chi connectivity index (χ0n) is 21.6. The van der Waals surface area contributed by atoms with E-state index < -0.39 is 29.1 Å². The lowest BCUT2D eigenvalue weighted by Gasteiger charge is -2.53. The Kier molecular flexibility index (Phi) is 3.31. The maximum atomic E-state index is 13.4. The third-order valence-corrected chi connectivity index (χ3v) is 13.4. The van der Waals surface area contributed by atoms with Gasteiger partial charge in [0.1, 0.15) is 36.1 Å². The molecule has 0 aromatic carbocycles. The van der Waals surface area contributed by atoms with Gasteiger partial charge in [-0.25, -0.2) is 9.59 Å². The predicted molar refractivity (Wildman–Crippen MR) is 124 cm³/mol. The number of rotatable bonds is 3. The van der Waals surface area contributed by atoms with Crippen LogP contribution in [-0.2, 0) is 33.2 Å². The second-order valence-corrected chi connectivity index (χ2v) is 14.4. The van der Waals surface area contributed by atoms with Crippen LogP contribution in [-0.4, -0.2) is 66.1 Å². The third kappa shape index (κ3) is 1.96. The molecule has 4 unspecified atom stereocenters. The van der Waals surface area contributed by atoms with E-state index in [9.17, 15) is 9.59 Å². The second-order valence-electron chi connectivity index (χ2n) is 14.4. The molecule has 0 aromatic rings. The van der Waals surface area contributed by atoms with E-state index in [1.807, 2.05) is 0 Å². The molecule has 13 atom stereocenters. The first-order chi connectivity index (χ1) is 17.7. The van der Waals surface area contributed by atoms with Gasteiger partial charge in [-0.2, -0.15) is 0 Å². The van der Waals surface area contributed by atoms with Gasteiger partial charge in [-0.3, -0.25) is 0 Å². The number of fused-ring (bicyclic) bond motifs is 4. The summed E-state index contributed by atoms with van der Waals surface area (Å²) < 4.78 is 37.9. The first kappa shape index (κ1) is 21.2. The van der Waals surface area contributed by atoms with Crippen LogP contribution in [0.1, 0.15) is 65.7 Å². The van der Waals surface area contributed by atoms with E-state index in [-0.39, 0.29) is 47.6 Å². The molecule has 8 heteroatoms. The van der Waals surface area contributed by atoms with E-state index in [0.717, 1.165) is 42.7 Å². The molecule has 8 fully saturated rings. The van der Waals surface area contributed by atoms with Crippen molar-refractivity contribution in [2.45, 2.75) is 113 Å². The molecule has 10 aliphatic rings. The molecule has 4 heterocycles. The predicted octanol–water partition coefficient (Wildman–Crippen LogP) is 3.45. The number of carbonyl (C=O) groups is 2. The molecule has 6 aliphatic carbocycles. The SMILES string of the molecule is CC(C)[C@@]12O[C@H]1[C@H]1O[C@]13[C@]1(O[C@H]1C[C@H]1C4=C(CC[C@@]13C)C(=O)OC4)[C@@H]2OC(=O)OC1CC2CC23CCC13. The summed E-state index contributed by atoms with van der Waals surface area (Å²) in [7, 11) is 0. The molecule has 0 aromatic heterocycles. The van der Waals surface area contributed by atoms with Gasteiger partial charge in [0.25, 0.3) is 0 Å². The number of cyclic esters (lactones) is 1. The summed E-state index contributed by atoms with van der Waals surface area (Å²) in [5, 5.41) is 0. The van der Waals surface area contributed by atoms with Crippen molar-refractivity contribution in [2.75, 3.05) is 6.61 Å². The molecule has 37 heavy (non-hydrogen) atoms. The molecule has 0 N–H and O–H groups in total. The largest absolute Gasteiger partial charge is 0.509 e. The summed E-state index contributed by atoms with van der Waals surface area (Å²) in [5.41, 5.74) is 0.306. The highest BCUT2D eigenvalue weighted by molar-refractivity contribution is 5.92. The lowest BCUT2D eigenvalue weighted by atomic mass is 9.46. The van der Waals surface area contributed by atoms with Gasteiger partial charge in [-0.05, 0) is 73.7 Å². The van der Waals surface area contributed by atoms with Crippen LogP contribution in [0.15, 0.2) is 11.1 Å². The third-order valence-electron chi connectivity index (χ3n) is 13.4. The topological polar surface area (TPSA) is 99.4 Å². The zero-order valence-corrected chi connectivity index (χ0v) is 21.6. The van der Waals surface area contributed by atoms with Crippen LogP contribution in [0.2, 0.25) is 0 Å². The van der Waals surface area contributed by atoms with Crippen molar-refractivity contribution in [1.82, 2.24) is 0 Å². The van der Waals surface area contributed by atoms with Crippen molar-refractivity contribution >= 4 is 12.1 Å². The first-order valence-electron chi connectivity index (χ1n) is 14.5. The summed E-state index contributed by atoms with van der Waals surface area (Å²) in [6.45, 7) is 6.95. The number of hydrogen-bond acceptors (Lipinski definition) is 8. The van der Waals surface area contributed by atoms with Crippen LogP contribution in [0.3, 0.4) is 0 Å². The Morgan fingerprint density at radius 3 is 2.70 bits per heavy atom. The fraction of sp³-hybridized carbons (Fsp3) is 0.862. The molecule has 8 nitrogen and oxygen atoms in total. The molecule has 0 bridgehead atoms. The Hall–Kier alpha value is -1.64. The maximum absolute atomic E-state index is 13.4. The highest BCUT2D eigenvalue weighted by Crippen LogP contribution is 2.83. The monoisotopic (exact) mass is 510 g/mol. The van der Waals surface area contributed by atoms with Crippen LogP contribution in [0, 0.1) is 34.5 Å². The Labute approximate surface area is 215 Å². The number of epoxide rings is 3. The molecule has 5 saturated carbocycles. The van der Waals surface area contributed by atoms with Crippen LogP contribution in [0.25, 0.3) is 0 Å². The normalized spacial score (nSPS) is 61.8. The molecule has 3 saturated heterocycles. The summed E-state index contributed by atoms with van der Waals surface area (Å²) in [5.74, 6) is 1.39. The van der Waals surface area contributed by atoms with Gasteiger partial charge in [-0.15, -0.1) is 0 Å². The number of hydrogen-bond donors (Lipinski definition) is 0. The van der Waals surface area contributed by atoms with Crippen LogP contribution >= 0.6 is 0 Å². The zero-order chi connectivity index (χ0) is 24.9. The van der Waals surface area contributed by atoms with Crippen molar-refractivity contribution in [3.63, 3.8) is 0 Å². The summed E-state index contributed by atoms with van der Waals surface area (Å²) in [4.78, 5) is 25.8. The Balaban J connectivity index is 1.01. The van der Waals surface area contributed by atoms with E-state index in [1.54, 1.807) is 0 Å². The van der Waals surface area contributed by atoms with Crippen molar-refractivity contribution in [1.29, 1.82) is 0 Å². The minimum atomic E-state index is -0.726. The van der Waals surface area contributed by atoms with Gasteiger partial charge in [-0.1, -0.05) is 20.8 Å². The summed E-state index contributed by atoms with van der Waals surface area (Å²) in [6.07, 6.45) is 5.59. The fourth-order valence-electron chi connectivity index (χ4n) is 11.4. The van der Waals surface area contributed by atoms with E-state index >= 15 is 0 Å². The van der Waals surface area contributed by atoms with Gasteiger partial charge >= 0.3 is 12.1 Å². The van der Waals surface area contributed by atoms with Gasteiger partial charge in [0.15, 0.2) is 11.7 Å². The molecule has 0 amide bonds. The van der Waals surface area contributed by atoms with Gasteiger partial charge in [0, 0.05) is 16.9 Å². The number of esters is 1. The van der Waals surface area contributed by atoms with E-state index in [4.69, 9.17) is 28.4 Å². The van der Waals surface area contributed by atoms with Crippen molar-refractivity contribution in [3.8, 4) is 0 Å².